The molecule has 6 nitrogen and oxygen atoms in total. The number of aromatic nitrogens is 2. The van der Waals surface area contributed by atoms with Crippen molar-refractivity contribution in [1.82, 2.24) is 14.9 Å². The molecule has 23 heavy (non-hydrogen) atoms. The molecule has 1 N–H and O–H groups in total. The Morgan fingerprint density at radius 2 is 2.04 bits per heavy atom. The second-order valence-corrected chi connectivity index (χ2v) is 6.47. The van der Waals surface area contributed by atoms with Crippen molar-refractivity contribution in [2.45, 2.75) is 45.1 Å². The average molecular weight is 318 g/mol. The molecule has 0 radical (unpaired) electrons. The molecule has 2 aliphatic rings. The van der Waals surface area contributed by atoms with Gasteiger partial charge in [0.25, 0.3) is 5.91 Å². The molecular weight excluding hydrogens is 292 g/mol. The molecule has 1 amide bonds. The quantitative estimate of drug-likeness (QED) is 0.836. The highest BCUT2D eigenvalue weighted by molar-refractivity contribution is 5.93. The summed E-state index contributed by atoms with van der Waals surface area (Å²) in [6.45, 7) is 5.08. The fourth-order valence-corrected chi connectivity index (χ4v) is 3.13. The van der Waals surface area contributed by atoms with Gasteiger partial charge in [-0.25, -0.2) is 9.97 Å². The van der Waals surface area contributed by atoms with Gasteiger partial charge in [-0.3, -0.25) is 4.79 Å². The molecule has 6 heteroatoms. The minimum Gasteiger partial charge on any atom is -0.376 e. The van der Waals surface area contributed by atoms with E-state index in [1.54, 1.807) is 12.4 Å². The molecule has 1 atom stereocenters. The second-order valence-electron chi connectivity index (χ2n) is 6.47. The number of carbonyl (C=O) groups is 1. The third-order valence-electron chi connectivity index (χ3n) is 4.67. The van der Waals surface area contributed by atoms with Gasteiger partial charge in [0.2, 0.25) is 5.95 Å². The smallest absolute Gasteiger partial charge is 0.257 e. The van der Waals surface area contributed by atoms with E-state index < -0.39 is 0 Å². The zero-order valence-electron chi connectivity index (χ0n) is 13.8. The predicted octanol–water partition coefficient (Wildman–Crippen LogP) is 2.33. The highest BCUT2D eigenvalue weighted by Gasteiger charge is 2.28. The van der Waals surface area contributed by atoms with Crippen LogP contribution in [0.5, 0.6) is 0 Å². The lowest BCUT2D eigenvalue weighted by molar-refractivity contribution is 0.0447. The molecule has 2 heterocycles. The Labute approximate surface area is 137 Å². The molecule has 1 saturated carbocycles. The van der Waals surface area contributed by atoms with E-state index in [0.717, 1.165) is 32.5 Å². The lowest BCUT2D eigenvalue weighted by Crippen LogP contribution is -2.42. The lowest BCUT2D eigenvalue weighted by Gasteiger charge is -2.33. The van der Waals surface area contributed by atoms with Gasteiger partial charge in [-0.1, -0.05) is 6.42 Å². The van der Waals surface area contributed by atoms with Crippen molar-refractivity contribution in [3.8, 4) is 0 Å². The molecule has 1 aliphatic heterocycles. The van der Waals surface area contributed by atoms with Gasteiger partial charge in [0.05, 0.1) is 11.7 Å². The molecule has 2 fully saturated rings. The zero-order valence-corrected chi connectivity index (χ0v) is 13.8. The van der Waals surface area contributed by atoms with Crippen LogP contribution in [0.15, 0.2) is 12.4 Å². The fraction of sp³-hybridized carbons (Fsp3) is 0.706. The molecule has 1 aromatic rings. The third-order valence-corrected chi connectivity index (χ3v) is 4.67. The van der Waals surface area contributed by atoms with Crippen LogP contribution in [0.4, 0.5) is 5.95 Å². The topological polar surface area (TPSA) is 67.4 Å². The molecular formula is C17H26N4O2. The van der Waals surface area contributed by atoms with Crippen LogP contribution < -0.4 is 5.32 Å². The average Bonchev–Trinajstić information content (AvgIpc) is 3.03. The van der Waals surface area contributed by atoms with E-state index in [-0.39, 0.29) is 12.0 Å². The van der Waals surface area contributed by atoms with Gasteiger partial charge in [0.1, 0.15) is 0 Å². The first-order valence-electron chi connectivity index (χ1n) is 8.73. The van der Waals surface area contributed by atoms with Crippen LogP contribution >= 0.6 is 0 Å². The summed E-state index contributed by atoms with van der Waals surface area (Å²) in [5.41, 5.74) is 0.559. The summed E-state index contributed by atoms with van der Waals surface area (Å²) in [4.78, 5) is 23.2. The number of ether oxygens (including phenoxy) is 1. The Morgan fingerprint density at radius 1 is 1.26 bits per heavy atom. The summed E-state index contributed by atoms with van der Waals surface area (Å²) in [7, 11) is 0. The molecule has 0 spiro atoms. The van der Waals surface area contributed by atoms with Gasteiger partial charge in [0.15, 0.2) is 0 Å². The van der Waals surface area contributed by atoms with E-state index in [0.29, 0.717) is 24.0 Å². The van der Waals surface area contributed by atoms with E-state index >= 15 is 0 Å². The van der Waals surface area contributed by atoms with Crippen LogP contribution in [0.3, 0.4) is 0 Å². The van der Waals surface area contributed by atoms with Crippen LogP contribution in [-0.2, 0) is 4.74 Å². The number of nitrogens with one attached hydrogen (secondary N) is 1. The van der Waals surface area contributed by atoms with Crippen molar-refractivity contribution in [2.75, 3.05) is 31.6 Å². The number of rotatable bonds is 7. The minimum absolute atomic E-state index is 0.0236. The van der Waals surface area contributed by atoms with E-state index in [1.165, 1.54) is 19.3 Å². The fourth-order valence-electron chi connectivity index (χ4n) is 3.13. The highest BCUT2D eigenvalue weighted by Crippen LogP contribution is 2.28. The minimum atomic E-state index is 0.0236. The van der Waals surface area contributed by atoms with Crippen LogP contribution in [0, 0.1) is 5.92 Å². The van der Waals surface area contributed by atoms with Crippen molar-refractivity contribution >= 4 is 11.9 Å². The number of hydrogen-bond donors (Lipinski definition) is 1. The Morgan fingerprint density at radius 3 is 2.61 bits per heavy atom. The largest absolute Gasteiger partial charge is 0.376 e. The Balaban J connectivity index is 1.66. The second kappa shape index (κ2) is 7.73. The number of nitrogens with zero attached hydrogens (tertiary/aromatic N) is 3. The molecule has 1 aromatic heterocycles. The first kappa shape index (κ1) is 16.2. The van der Waals surface area contributed by atoms with Crippen molar-refractivity contribution in [2.24, 2.45) is 5.92 Å². The number of anilines is 1. The van der Waals surface area contributed by atoms with E-state index in [2.05, 4.69) is 15.3 Å². The predicted molar refractivity (Wildman–Crippen MR) is 88.4 cm³/mol. The molecule has 0 bridgehead atoms. The van der Waals surface area contributed by atoms with Crippen molar-refractivity contribution in [3.05, 3.63) is 18.0 Å². The monoisotopic (exact) mass is 318 g/mol. The van der Waals surface area contributed by atoms with Gasteiger partial charge in [-0.2, -0.15) is 0 Å². The Hall–Kier alpha value is -1.69. The third kappa shape index (κ3) is 4.19. The van der Waals surface area contributed by atoms with Crippen LogP contribution in [0.25, 0.3) is 0 Å². The molecule has 0 unspecified atom stereocenters. The standard InChI is InChI=1S/C17H26N4O2/c1-2-18-17-19-9-14(10-20-17)16(22)21(11-13-5-3-6-13)12-15-7-4-8-23-15/h9-10,13,15H,2-8,11-12H2,1H3,(H,18,19,20)/t15-/m0/s1. The molecule has 126 valence electrons. The lowest BCUT2D eigenvalue weighted by atomic mass is 9.85. The number of hydrogen-bond acceptors (Lipinski definition) is 5. The summed E-state index contributed by atoms with van der Waals surface area (Å²) < 4.78 is 5.72. The molecule has 3 rings (SSSR count). The highest BCUT2D eigenvalue weighted by atomic mass is 16.5. The Kier molecular flexibility index (Phi) is 5.43. The summed E-state index contributed by atoms with van der Waals surface area (Å²) in [5.74, 6) is 1.23. The summed E-state index contributed by atoms with van der Waals surface area (Å²) in [6.07, 6.45) is 9.30. The number of carbonyl (C=O) groups excluding carboxylic acids is 1. The van der Waals surface area contributed by atoms with E-state index in [9.17, 15) is 4.79 Å². The maximum absolute atomic E-state index is 12.8. The normalized spacial score (nSPS) is 21.0. The Bertz CT molecular complexity index is 510. The van der Waals surface area contributed by atoms with Gasteiger partial charge in [-0.15, -0.1) is 0 Å². The van der Waals surface area contributed by atoms with Gasteiger partial charge in [0, 0.05) is 38.6 Å². The zero-order chi connectivity index (χ0) is 16.1. The van der Waals surface area contributed by atoms with Crippen LogP contribution in [-0.4, -0.2) is 53.1 Å². The van der Waals surface area contributed by atoms with Gasteiger partial charge < -0.3 is 15.0 Å². The van der Waals surface area contributed by atoms with E-state index in [1.807, 2.05) is 11.8 Å². The van der Waals surface area contributed by atoms with Gasteiger partial charge in [-0.05, 0) is 38.5 Å². The van der Waals surface area contributed by atoms with Gasteiger partial charge >= 0.3 is 0 Å². The summed E-state index contributed by atoms with van der Waals surface area (Å²) in [5, 5.41) is 3.04. The SMILES string of the molecule is CCNc1ncc(C(=O)N(CC2CCC2)C[C@@H]2CCCO2)cn1. The molecule has 1 saturated heterocycles. The first-order chi connectivity index (χ1) is 11.3. The van der Waals surface area contributed by atoms with Crippen molar-refractivity contribution in [3.63, 3.8) is 0 Å². The van der Waals surface area contributed by atoms with Crippen molar-refractivity contribution < 1.29 is 9.53 Å². The molecule has 1 aliphatic carbocycles. The van der Waals surface area contributed by atoms with E-state index in [4.69, 9.17) is 4.74 Å². The maximum Gasteiger partial charge on any atom is 0.257 e. The number of amides is 1. The summed E-state index contributed by atoms with van der Waals surface area (Å²) >= 11 is 0. The summed E-state index contributed by atoms with van der Waals surface area (Å²) in [6, 6.07) is 0. The van der Waals surface area contributed by atoms with Crippen molar-refractivity contribution in [1.29, 1.82) is 0 Å². The molecule has 0 aromatic carbocycles. The first-order valence-corrected chi connectivity index (χ1v) is 8.73. The van der Waals surface area contributed by atoms with Crippen LogP contribution in [0.1, 0.15) is 49.4 Å². The van der Waals surface area contributed by atoms with Crippen LogP contribution in [0.2, 0.25) is 0 Å². The maximum atomic E-state index is 12.8.